The summed E-state index contributed by atoms with van der Waals surface area (Å²) in [5, 5.41) is 10.2. The Morgan fingerprint density at radius 2 is 1.93 bits per heavy atom. The lowest BCUT2D eigenvalue weighted by molar-refractivity contribution is -0.118. The maximum absolute atomic E-state index is 14.5. The van der Waals surface area contributed by atoms with Crippen LogP contribution in [0.1, 0.15) is 76.1 Å². The number of aryl methyl sites for hydroxylation is 1. The number of likely N-dealkylation sites (tertiary alicyclic amines) is 1. The van der Waals surface area contributed by atoms with Crippen molar-refractivity contribution in [1.29, 1.82) is 0 Å². The van der Waals surface area contributed by atoms with E-state index in [0.717, 1.165) is 63.6 Å². The van der Waals surface area contributed by atoms with Gasteiger partial charge in [-0.15, -0.1) is 0 Å². The van der Waals surface area contributed by atoms with Crippen molar-refractivity contribution in [2.45, 2.75) is 90.9 Å². The smallest absolute Gasteiger partial charge is 0.242 e. The van der Waals surface area contributed by atoms with E-state index in [9.17, 15) is 13.6 Å². The first-order valence-electron chi connectivity index (χ1n) is 16.6. The van der Waals surface area contributed by atoms with Crippen molar-refractivity contribution in [3.8, 4) is 0 Å². The molecule has 2 aliphatic rings. The minimum Gasteiger partial charge on any atom is -0.331 e. The molecule has 1 aliphatic carbocycles. The second-order valence-corrected chi connectivity index (χ2v) is 14.2. The van der Waals surface area contributed by atoms with Crippen molar-refractivity contribution < 1.29 is 13.6 Å². The maximum atomic E-state index is 14.5. The zero-order valence-corrected chi connectivity index (χ0v) is 27.3. The Balaban J connectivity index is 1.22. The number of rotatable bonds is 13. The van der Waals surface area contributed by atoms with Crippen LogP contribution in [0.25, 0.3) is 0 Å². The van der Waals surface area contributed by atoms with Gasteiger partial charge in [0.25, 0.3) is 0 Å². The molecule has 0 spiro atoms. The molecule has 244 valence electrons. The van der Waals surface area contributed by atoms with Crippen LogP contribution >= 0.6 is 0 Å². The third kappa shape index (κ3) is 9.21. The van der Waals surface area contributed by atoms with Crippen molar-refractivity contribution in [2.75, 3.05) is 31.5 Å². The molecule has 1 aromatic heterocycles. The zero-order chi connectivity index (χ0) is 32.0. The molecule has 0 radical (unpaired) electrons. The van der Waals surface area contributed by atoms with Crippen molar-refractivity contribution in [3.63, 3.8) is 0 Å². The summed E-state index contributed by atoms with van der Waals surface area (Å²) < 4.78 is 30.4. The molecule has 0 unspecified atom stereocenters. The number of fused-ring (bicyclic) bond motifs is 1. The third-order valence-electron chi connectivity index (χ3n) is 9.11. The van der Waals surface area contributed by atoms with Gasteiger partial charge in [-0.05, 0) is 79.3 Å². The topological polar surface area (TPSA) is 74.2 Å². The SMILES string of the molecule is CCC[C@H](N[C@H]1CCc2cc(F)cc(F)c2C1)C(=O)Nc1cn([C@@H]2CN(Cc3ccccc3)C[C@H]2CCNCC(C)(C)C)cn1. The van der Waals surface area contributed by atoms with Gasteiger partial charge >= 0.3 is 0 Å². The average Bonchev–Trinajstić information content (AvgIpc) is 3.62. The Labute approximate surface area is 267 Å². The number of benzene rings is 2. The average molecular weight is 621 g/mol. The number of halogens is 2. The number of nitrogens with zero attached hydrogens (tertiary/aromatic N) is 3. The summed E-state index contributed by atoms with van der Waals surface area (Å²) in [6, 6.07) is 12.8. The fourth-order valence-corrected chi connectivity index (χ4v) is 6.87. The van der Waals surface area contributed by atoms with E-state index in [1.807, 2.05) is 19.4 Å². The van der Waals surface area contributed by atoms with Crippen LogP contribution in [0.3, 0.4) is 0 Å². The number of carbonyl (C=O) groups excluding carboxylic acids is 1. The molecule has 1 aliphatic heterocycles. The fourth-order valence-electron chi connectivity index (χ4n) is 6.87. The van der Waals surface area contributed by atoms with Gasteiger partial charge in [0.15, 0.2) is 5.82 Å². The van der Waals surface area contributed by atoms with Crippen LogP contribution in [0.4, 0.5) is 14.6 Å². The first kappa shape index (κ1) is 33.2. The standard InChI is InChI=1S/C36H50F2N6O/c1-5-9-32(41-29-13-12-26-16-28(37)17-31(38)30(26)18-29)35(45)42-34-22-44(24-40-34)33-21-43(19-25-10-7-6-8-11-25)20-27(33)14-15-39-23-36(2,3)4/h6-8,10-11,16-17,22,24,27,29,32-33,39,41H,5,9,12-15,18-21,23H2,1-4H3,(H,42,45)/t27-,29+,32+,33-/m1/s1. The minimum absolute atomic E-state index is 0.0564. The molecule has 5 rings (SSSR count). The first-order valence-corrected chi connectivity index (χ1v) is 16.6. The molecular formula is C36H50F2N6O. The van der Waals surface area contributed by atoms with Gasteiger partial charge in [0, 0.05) is 37.9 Å². The summed E-state index contributed by atoms with van der Waals surface area (Å²) in [7, 11) is 0. The first-order chi connectivity index (χ1) is 21.6. The fraction of sp³-hybridized carbons (Fsp3) is 0.556. The number of nitrogens with one attached hydrogen (secondary N) is 3. The highest BCUT2D eigenvalue weighted by atomic mass is 19.1. The Morgan fingerprint density at radius 1 is 1.13 bits per heavy atom. The highest BCUT2D eigenvalue weighted by Crippen LogP contribution is 2.32. The molecule has 2 aromatic carbocycles. The molecule has 45 heavy (non-hydrogen) atoms. The molecule has 7 nitrogen and oxygen atoms in total. The van der Waals surface area contributed by atoms with Crippen LogP contribution in [0, 0.1) is 23.0 Å². The quantitative estimate of drug-likeness (QED) is 0.201. The molecule has 1 saturated heterocycles. The molecule has 1 fully saturated rings. The zero-order valence-electron chi connectivity index (χ0n) is 27.3. The summed E-state index contributed by atoms with van der Waals surface area (Å²) in [6.45, 7) is 13.6. The second-order valence-electron chi connectivity index (χ2n) is 14.2. The van der Waals surface area contributed by atoms with Gasteiger partial charge in [-0.25, -0.2) is 13.8 Å². The van der Waals surface area contributed by atoms with Crippen LogP contribution in [0.2, 0.25) is 0 Å². The lowest BCUT2D eigenvalue weighted by Gasteiger charge is -2.29. The van der Waals surface area contributed by atoms with E-state index in [2.05, 4.69) is 81.5 Å². The van der Waals surface area contributed by atoms with Crippen LogP contribution in [0.5, 0.6) is 0 Å². The van der Waals surface area contributed by atoms with E-state index < -0.39 is 17.7 Å². The number of imidazole rings is 1. The van der Waals surface area contributed by atoms with E-state index in [1.54, 1.807) is 0 Å². The van der Waals surface area contributed by atoms with Crippen molar-refractivity contribution in [2.24, 2.45) is 11.3 Å². The van der Waals surface area contributed by atoms with Gasteiger partial charge < -0.3 is 20.5 Å². The predicted octanol–water partition coefficient (Wildman–Crippen LogP) is 6.11. The molecule has 0 saturated carbocycles. The van der Waals surface area contributed by atoms with E-state index in [0.29, 0.717) is 36.6 Å². The molecule has 1 amide bonds. The molecule has 3 aromatic rings. The van der Waals surface area contributed by atoms with Gasteiger partial charge in [0.2, 0.25) is 5.91 Å². The predicted molar refractivity (Wildman–Crippen MR) is 176 cm³/mol. The van der Waals surface area contributed by atoms with Gasteiger partial charge in [0.05, 0.1) is 18.4 Å². The van der Waals surface area contributed by atoms with Gasteiger partial charge in [0.1, 0.15) is 11.6 Å². The van der Waals surface area contributed by atoms with Crippen LogP contribution < -0.4 is 16.0 Å². The second kappa shape index (κ2) is 15.0. The molecule has 2 heterocycles. The monoisotopic (exact) mass is 620 g/mol. The minimum atomic E-state index is -0.537. The third-order valence-corrected chi connectivity index (χ3v) is 9.11. The summed E-state index contributed by atoms with van der Waals surface area (Å²) in [5.41, 5.74) is 2.83. The van der Waals surface area contributed by atoms with Crippen molar-refractivity contribution in [1.82, 2.24) is 25.1 Å². The number of hydrogen-bond acceptors (Lipinski definition) is 5. The van der Waals surface area contributed by atoms with Crippen molar-refractivity contribution in [3.05, 3.63) is 83.3 Å². The van der Waals surface area contributed by atoms with E-state index >= 15 is 0 Å². The van der Waals surface area contributed by atoms with Gasteiger partial charge in [-0.2, -0.15) is 0 Å². The number of anilines is 1. The number of amides is 1. The van der Waals surface area contributed by atoms with E-state index in [1.165, 1.54) is 11.6 Å². The number of aromatic nitrogens is 2. The largest absolute Gasteiger partial charge is 0.331 e. The molecule has 4 atom stereocenters. The lowest BCUT2D eigenvalue weighted by atomic mass is 9.87. The van der Waals surface area contributed by atoms with Crippen LogP contribution in [-0.4, -0.2) is 58.6 Å². The number of carbonyl (C=O) groups is 1. The highest BCUT2D eigenvalue weighted by Gasteiger charge is 2.34. The Kier molecular flexibility index (Phi) is 11.1. The summed E-state index contributed by atoms with van der Waals surface area (Å²) in [5.74, 6) is -0.171. The highest BCUT2D eigenvalue weighted by molar-refractivity contribution is 5.94. The summed E-state index contributed by atoms with van der Waals surface area (Å²) >= 11 is 0. The molecular weight excluding hydrogens is 570 g/mol. The van der Waals surface area contributed by atoms with Gasteiger partial charge in [-0.3, -0.25) is 9.69 Å². The van der Waals surface area contributed by atoms with E-state index in [-0.39, 0.29) is 23.4 Å². The summed E-state index contributed by atoms with van der Waals surface area (Å²) in [4.78, 5) is 20.6. The van der Waals surface area contributed by atoms with Crippen molar-refractivity contribution >= 4 is 11.7 Å². The normalized spacial score (nSPS) is 21.1. The molecule has 9 heteroatoms. The lowest BCUT2D eigenvalue weighted by Crippen LogP contribution is -2.48. The Morgan fingerprint density at radius 3 is 2.69 bits per heavy atom. The molecule has 3 N–H and O–H groups in total. The maximum Gasteiger partial charge on any atom is 0.242 e. The number of hydrogen-bond donors (Lipinski definition) is 3. The van der Waals surface area contributed by atoms with Gasteiger partial charge in [-0.1, -0.05) is 64.4 Å². The molecule has 0 bridgehead atoms. The van der Waals surface area contributed by atoms with E-state index in [4.69, 9.17) is 0 Å². The van der Waals surface area contributed by atoms with Crippen LogP contribution in [0.15, 0.2) is 55.0 Å². The Hall–Kier alpha value is -3.14. The summed E-state index contributed by atoms with van der Waals surface area (Å²) in [6.07, 6.45) is 8.11. The van der Waals surface area contributed by atoms with Crippen LogP contribution in [-0.2, 0) is 24.2 Å². The Bertz CT molecular complexity index is 1400.